The summed E-state index contributed by atoms with van der Waals surface area (Å²) in [6, 6.07) is 8.17. The van der Waals surface area contributed by atoms with Gasteiger partial charge in [0.2, 0.25) is 5.91 Å². The van der Waals surface area contributed by atoms with Crippen molar-refractivity contribution < 1.29 is 4.79 Å². The quantitative estimate of drug-likeness (QED) is 0.778. The minimum atomic E-state index is 0.0724. The lowest BCUT2D eigenvalue weighted by Gasteiger charge is -2.28. The largest absolute Gasteiger partial charge is 0.354 e. The van der Waals surface area contributed by atoms with Crippen molar-refractivity contribution >= 4 is 17.5 Å². The van der Waals surface area contributed by atoms with Gasteiger partial charge in [0, 0.05) is 30.1 Å². The number of aryl methyl sites for hydroxylation is 2. The fourth-order valence-corrected chi connectivity index (χ4v) is 3.63. The van der Waals surface area contributed by atoms with Gasteiger partial charge in [0.05, 0.1) is 11.7 Å². The minimum absolute atomic E-state index is 0.0724. The molecule has 1 unspecified atom stereocenters. The van der Waals surface area contributed by atoms with Gasteiger partial charge < -0.3 is 5.32 Å². The fraction of sp³-hybridized carbons (Fsp3) is 0.500. The zero-order valence-corrected chi connectivity index (χ0v) is 16.3. The Balaban J connectivity index is 1.57. The van der Waals surface area contributed by atoms with Gasteiger partial charge in [-0.15, -0.1) is 0 Å². The Hall–Kier alpha value is -1.85. The van der Waals surface area contributed by atoms with Crippen LogP contribution in [0.1, 0.15) is 47.8 Å². The molecule has 0 saturated carbocycles. The number of aromatic nitrogens is 2. The number of amides is 1. The Morgan fingerprint density at radius 1 is 1.27 bits per heavy atom. The first kappa shape index (κ1) is 18.9. The third kappa shape index (κ3) is 4.65. The second kappa shape index (κ2) is 8.69. The summed E-state index contributed by atoms with van der Waals surface area (Å²) in [4.78, 5) is 14.8. The molecule has 1 aromatic heterocycles. The molecular formula is C20H27ClN4O. The summed E-state index contributed by atoms with van der Waals surface area (Å²) in [6.07, 6.45) is 3.56. The van der Waals surface area contributed by atoms with Gasteiger partial charge in [-0.05, 0) is 63.0 Å². The molecule has 140 valence electrons. The smallest absolute Gasteiger partial charge is 0.220 e. The number of halogens is 1. The third-order valence-corrected chi connectivity index (χ3v) is 5.52. The highest BCUT2D eigenvalue weighted by Gasteiger charge is 2.24. The molecule has 3 rings (SSSR count). The van der Waals surface area contributed by atoms with Crippen LogP contribution < -0.4 is 5.32 Å². The van der Waals surface area contributed by atoms with Crippen LogP contribution in [0.25, 0.3) is 0 Å². The van der Waals surface area contributed by atoms with Crippen LogP contribution >= 0.6 is 11.6 Å². The normalized spacial score (nSPS) is 16.0. The van der Waals surface area contributed by atoms with E-state index < -0.39 is 0 Å². The fourth-order valence-electron chi connectivity index (χ4n) is 3.51. The van der Waals surface area contributed by atoms with Gasteiger partial charge in [0.15, 0.2) is 0 Å². The zero-order valence-electron chi connectivity index (χ0n) is 15.5. The molecular weight excluding hydrogens is 348 g/mol. The van der Waals surface area contributed by atoms with Gasteiger partial charge in [0.1, 0.15) is 0 Å². The molecule has 0 radical (unpaired) electrons. The van der Waals surface area contributed by atoms with Crippen molar-refractivity contribution in [2.24, 2.45) is 0 Å². The Kier molecular flexibility index (Phi) is 6.33. The predicted octanol–water partition coefficient (Wildman–Crippen LogP) is 3.57. The van der Waals surface area contributed by atoms with E-state index in [0.717, 1.165) is 35.1 Å². The SMILES string of the molecule is Cc1[nH]nc(CCC(=O)NCC(c2ccc(Cl)cc2)N2CCCC2)c1C. The number of nitrogens with zero attached hydrogens (tertiary/aromatic N) is 2. The van der Waals surface area contributed by atoms with E-state index >= 15 is 0 Å². The number of carbonyl (C=O) groups excluding carboxylic acids is 1. The molecule has 0 spiro atoms. The van der Waals surface area contributed by atoms with Gasteiger partial charge in [-0.3, -0.25) is 14.8 Å². The Morgan fingerprint density at radius 2 is 1.96 bits per heavy atom. The molecule has 26 heavy (non-hydrogen) atoms. The first-order chi connectivity index (χ1) is 12.5. The lowest BCUT2D eigenvalue weighted by Crippen LogP contribution is -2.36. The topological polar surface area (TPSA) is 61.0 Å². The van der Waals surface area contributed by atoms with E-state index in [2.05, 4.69) is 32.5 Å². The molecule has 2 aromatic rings. The molecule has 1 aliphatic rings. The van der Waals surface area contributed by atoms with Gasteiger partial charge in [0.25, 0.3) is 0 Å². The maximum atomic E-state index is 12.4. The van der Waals surface area contributed by atoms with Crippen molar-refractivity contribution in [1.29, 1.82) is 0 Å². The Bertz CT molecular complexity index is 735. The molecule has 0 aliphatic carbocycles. The number of likely N-dealkylation sites (tertiary alicyclic amines) is 1. The van der Waals surface area contributed by atoms with Crippen molar-refractivity contribution in [3.05, 3.63) is 51.8 Å². The predicted molar refractivity (Wildman–Crippen MR) is 104 cm³/mol. The average Bonchev–Trinajstić information content (AvgIpc) is 3.27. The number of benzene rings is 1. The van der Waals surface area contributed by atoms with E-state index in [1.807, 2.05) is 26.0 Å². The molecule has 2 heterocycles. The molecule has 1 atom stereocenters. The van der Waals surface area contributed by atoms with Gasteiger partial charge in [-0.1, -0.05) is 23.7 Å². The minimum Gasteiger partial charge on any atom is -0.354 e. The van der Waals surface area contributed by atoms with Crippen molar-refractivity contribution in [3.8, 4) is 0 Å². The Morgan fingerprint density at radius 3 is 2.58 bits per heavy atom. The average molecular weight is 375 g/mol. The van der Waals surface area contributed by atoms with Crippen molar-refractivity contribution in [1.82, 2.24) is 20.4 Å². The summed E-state index contributed by atoms with van der Waals surface area (Å²) >= 11 is 6.03. The van der Waals surface area contributed by atoms with E-state index in [1.54, 1.807) is 0 Å². The van der Waals surface area contributed by atoms with E-state index in [-0.39, 0.29) is 11.9 Å². The molecule has 1 aliphatic heterocycles. The highest BCUT2D eigenvalue weighted by molar-refractivity contribution is 6.30. The van der Waals surface area contributed by atoms with Crippen LogP contribution in [0.2, 0.25) is 5.02 Å². The maximum Gasteiger partial charge on any atom is 0.220 e. The van der Waals surface area contributed by atoms with E-state index in [4.69, 9.17) is 11.6 Å². The molecule has 1 fully saturated rings. The van der Waals surface area contributed by atoms with Crippen LogP contribution in [0.4, 0.5) is 0 Å². The zero-order chi connectivity index (χ0) is 18.5. The highest BCUT2D eigenvalue weighted by Crippen LogP contribution is 2.25. The van der Waals surface area contributed by atoms with E-state index in [1.165, 1.54) is 18.4 Å². The lowest BCUT2D eigenvalue weighted by atomic mass is 10.1. The first-order valence-corrected chi connectivity index (χ1v) is 9.69. The summed E-state index contributed by atoms with van der Waals surface area (Å²) in [6.45, 7) is 6.82. The second-order valence-corrected chi connectivity index (χ2v) is 7.47. The van der Waals surface area contributed by atoms with Crippen LogP contribution in [0.3, 0.4) is 0 Å². The molecule has 6 heteroatoms. The van der Waals surface area contributed by atoms with Crippen LogP contribution in [0.5, 0.6) is 0 Å². The number of H-pyrrole nitrogens is 1. The van der Waals surface area contributed by atoms with Crippen LogP contribution in [-0.2, 0) is 11.2 Å². The number of aromatic amines is 1. The van der Waals surface area contributed by atoms with Crippen LogP contribution in [0.15, 0.2) is 24.3 Å². The van der Waals surface area contributed by atoms with Gasteiger partial charge >= 0.3 is 0 Å². The number of hydrogen-bond donors (Lipinski definition) is 2. The molecule has 0 bridgehead atoms. The molecule has 2 N–H and O–H groups in total. The first-order valence-electron chi connectivity index (χ1n) is 9.31. The van der Waals surface area contributed by atoms with E-state index in [0.29, 0.717) is 19.4 Å². The second-order valence-electron chi connectivity index (χ2n) is 7.03. The number of rotatable bonds is 7. The van der Waals surface area contributed by atoms with E-state index in [9.17, 15) is 4.79 Å². The van der Waals surface area contributed by atoms with Gasteiger partial charge in [-0.25, -0.2) is 0 Å². The molecule has 1 aromatic carbocycles. The lowest BCUT2D eigenvalue weighted by molar-refractivity contribution is -0.121. The summed E-state index contributed by atoms with van der Waals surface area (Å²) in [5.41, 5.74) is 4.40. The summed E-state index contributed by atoms with van der Waals surface area (Å²) in [5.74, 6) is 0.0724. The van der Waals surface area contributed by atoms with Crippen molar-refractivity contribution in [3.63, 3.8) is 0 Å². The number of nitrogens with one attached hydrogen (secondary N) is 2. The maximum absolute atomic E-state index is 12.4. The van der Waals surface area contributed by atoms with Crippen LogP contribution in [0, 0.1) is 13.8 Å². The monoisotopic (exact) mass is 374 g/mol. The number of hydrogen-bond acceptors (Lipinski definition) is 3. The molecule has 1 saturated heterocycles. The molecule has 1 amide bonds. The summed E-state index contributed by atoms with van der Waals surface area (Å²) in [7, 11) is 0. The Labute approximate surface area is 160 Å². The highest BCUT2D eigenvalue weighted by atomic mass is 35.5. The number of carbonyl (C=O) groups is 1. The summed E-state index contributed by atoms with van der Waals surface area (Å²) in [5, 5.41) is 11.1. The standard InChI is InChI=1S/C20H27ClN4O/c1-14-15(2)23-24-18(14)9-10-20(26)22-13-19(25-11-3-4-12-25)16-5-7-17(21)8-6-16/h5-8,19H,3-4,9-13H2,1-2H3,(H,22,26)(H,23,24). The van der Waals surface area contributed by atoms with Crippen molar-refractivity contribution in [2.45, 2.75) is 45.6 Å². The third-order valence-electron chi connectivity index (χ3n) is 5.27. The van der Waals surface area contributed by atoms with Gasteiger partial charge in [-0.2, -0.15) is 5.10 Å². The summed E-state index contributed by atoms with van der Waals surface area (Å²) < 4.78 is 0. The van der Waals surface area contributed by atoms with Crippen molar-refractivity contribution in [2.75, 3.05) is 19.6 Å². The van der Waals surface area contributed by atoms with Crippen LogP contribution in [-0.4, -0.2) is 40.6 Å². The molecule has 5 nitrogen and oxygen atoms in total.